The number of nitrogens with zero attached hydrogens (tertiary/aromatic N) is 4. The summed E-state index contributed by atoms with van der Waals surface area (Å²) in [7, 11) is 0. The number of hydrogen-bond acceptors (Lipinski definition) is 7. The molecule has 1 aliphatic heterocycles. The molecule has 1 fully saturated rings. The number of β-amino-alcohol motifs (C(OH)–C–C–N with tert-alkyl or cyclic N) is 1. The highest BCUT2D eigenvalue weighted by atomic mass is 16.5. The highest BCUT2D eigenvalue weighted by molar-refractivity contribution is 5.44. The molecule has 1 aliphatic rings. The van der Waals surface area contributed by atoms with E-state index in [1.807, 2.05) is 0 Å². The van der Waals surface area contributed by atoms with Gasteiger partial charge in [-0.2, -0.15) is 20.4 Å². The summed E-state index contributed by atoms with van der Waals surface area (Å²) in [6.07, 6.45) is 1.75. The Morgan fingerprint density at radius 3 is 3.12 bits per heavy atom. The van der Waals surface area contributed by atoms with Crippen LogP contribution in [0.4, 0.5) is 0 Å². The first-order chi connectivity index (χ1) is 7.83. The third-order valence-electron chi connectivity index (χ3n) is 2.49. The van der Waals surface area contributed by atoms with E-state index in [0.717, 1.165) is 0 Å². The summed E-state index contributed by atoms with van der Waals surface area (Å²) in [5.74, 6) is 0.862. The number of aliphatic hydroxyl groups excluding tert-OH is 1. The number of aliphatic hydroxyl groups is 1. The Morgan fingerprint density at radius 1 is 1.50 bits per heavy atom. The molecule has 8 heteroatoms. The fourth-order valence-corrected chi connectivity index (χ4v) is 1.70. The third kappa shape index (κ3) is 1.57. The molecular weight excluding hydrogens is 212 g/mol. The molecule has 3 rings (SSSR count). The van der Waals surface area contributed by atoms with E-state index < -0.39 is 0 Å². The lowest BCUT2D eigenvalue weighted by Gasteiger charge is -2.01. The first-order valence-corrected chi connectivity index (χ1v) is 4.94. The fourth-order valence-electron chi connectivity index (χ4n) is 1.70. The van der Waals surface area contributed by atoms with Gasteiger partial charge in [-0.1, -0.05) is 5.16 Å². The molecule has 1 saturated heterocycles. The van der Waals surface area contributed by atoms with Crippen molar-refractivity contribution in [2.45, 2.75) is 18.6 Å². The first kappa shape index (κ1) is 9.43. The predicted molar refractivity (Wildman–Crippen MR) is 51.0 cm³/mol. The average molecular weight is 222 g/mol. The van der Waals surface area contributed by atoms with Gasteiger partial charge in [0.05, 0.1) is 18.3 Å². The molecular formula is C8H10N6O2. The number of H-pyrrole nitrogens is 1. The van der Waals surface area contributed by atoms with Gasteiger partial charge in [-0.05, 0) is 6.42 Å². The van der Waals surface area contributed by atoms with Gasteiger partial charge in [0.25, 0.3) is 0 Å². The van der Waals surface area contributed by atoms with Crippen molar-refractivity contribution in [1.82, 2.24) is 30.9 Å². The second-order valence-electron chi connectivity index (χ2n) is 3.66. The van der Waals surface area contributed by atoms with Crippen LogP contribution in [-0.4, -0.2) is 43.3 Å². The van der Waals surface area contributed by atoms with Crippen LogP contribution in [0.3, 0.4) is 0 Å². The quantitative estimate of drug-likeness (QED) is 0.612. The Morgan fingerprint density at radius 2 is 2.44 bits per heavy atom. The van der Waals surface area contributed by atoms with Gasteiger partial charge >= 0.3 is 0 Å². The van der Waals surface area contributed by atoms with Crippen LogP contribution in [0.2, 0.25) is 0 Å². The van der Waals surface area contributed by atoms with Gasteiger partial charge in [0, 0.05) is 6.54 Å². The average Bonchev–Trinajstić information content (AvgIpc) is 2.97. The van der Waals surface area contributed by atoms with E-state index in [1.165, 1.54) is 6.20 Å². The normalized spacial score (nSPS) is 25.1. The summed E-state index contributed by atoms with van der Waals surface area (Å²) < 4.78 is 5.10. The van der Waals surface area contributed by atoms with Crippen molar-refractivity contribution in [1.29, 1.82) is 0 Å². The Kier molecular flexibility index (Phi) is 2.15. The van der Waals surface area contributed by atoms with Gasteiger partial charge in [0.15, 0.2) is 5.69 Å². The van der Waals surface area contributed by atoms with Gasteiger partial charge < -0.3 is 14.9 Å². The summed E-state index contributed by atoms with van der Waals surface area (Å²) in [6, 6.07) is -0.0804. The Hall–Kier alpha value is -1.80. The zero-order chi connectivity index (χ0) is 11.0. The van der Waals surface area contributed by atoms with Gasteiger partial charge in [-0.3, -0.25) is 0 Å². The highest BCUT2D eigenvalue weighted by Crippen LogP contribution is 2.23. The van der Waals surface area contributed by atoms with E-state index in [-0.39, 0.29) is 12.1 Å². The minimum atomic E-state index is -0.354. The molecule has 2 aromatic heterocycles. The Bertz CT molecular complexity index is 467. The summed E-state index contributed by atoms with van der Waals surface area (Å²) in [5.41, 5.74) is 0.536. The maximum absolute atomic E-state index is 9.37. The smallest absolute Gasteiger partial charge is 0.244 e. The molecule has 3 heterocycles. The maximum Gasteiger partial charge on any atom is 0.244 e. The van der Waals surface area contributed by atoms with Crippen LogP contribution < -0.4 is 5.32 Å². The topological polar surface area (TPSA) is 113 Å². The van der Waals surface area contributed by atoms with Crippen LogP contribution in [0.1, 0.15) is 18.4 Å². The molecule has 3 N–H and O–H groups in total. The first-order valence-electron chi connectivity index (χ1n) is 4.94. The highest BCUT2D eigenvalue weighted by Gasteiger charge is 2.28. The molecule has 0 saturated carbocycles. The summed E-state index contributed by atoms with van der Waals surface area (Å²) in [4.78, 5) is 4.20. The molecule has 0 spiro atoms. The lowest BCUT2D eigenvalue weighted by Crippen LogP contribution is -2.15. The van der Waals surface area contributed by atoms with Crippen molar-refractivity contribution in [3.63, 3.8) is 0 Å². The molecule has 0 bridgehead atoms. The standard InChI is InChI=1S/C8H10N6O2/c15-4-1-5(9-2-4)8-11-7(13-16-8)6-3-10-14-12-6/h3-5,9,15H,1-2H2,(H,10,12,14)/t4-,5-/m1/s1. The van der Waals surface area contributed by atoms with Crippen molar-refractivity contribution < 1.29 is 9.63 Å². The number of hydrogen-bond donors (Lipinski definition) is 3. The largest absolute Gasteiger partial charge is 0.392 e. The number of aromatic amines is 1. The Balaban J connectivity index is 1.83. The van der Waals surface area contributed by atoms with Crippen LogP contribution >= 0.6 is 0 Å². The van der Waals surface area contributed by atoms with Crippen LogP contribution in [0, 0.1) is 0 Å². The molecule has 0 amide bonds. The van der Waals surface area contributed by atoms with Crippen LogP contribution in [0.25, 0.3) is 11.5 Å². The zero-order valence-electron chi connectivity index (χ0n) is 8.29. The van der Waals surface area contributed by atoms with Crippen molar-refractivity contribution >= 4 is 0 Å². The van der Waals surface area contributed by atoms with E-state index in [0.29, 0.717) is 30.4 Å². The lowest BCUT2D eigenvalue weighted by atomic mass is 10.2. The SMILES string of the molecule is O[C@H]1CN[C@@H](c2nc(-c3cn[nH]n3)no2)C1. The molecule has 0 aliphatic carbocycles. The van der Waals surface area contributed by atoms with Gasteiger partial charge in [0.2, 0.25) is 11.7 Å². The van der Waals surface area contributed by atoms with E-state index in [9.17, 15) is 5.11 Å². The van der Waals surface area contributed by atoms with E-state index in [4.69, 9.17) is 4.52 Å². The number of rotatable bonds is 2. The van der Waals surface area contributed by atoms with E-state index in [2.05, 4.69) is 30.9 Å². The van der Waals surface area contributed by atoms with Crippen molar-refractivity contribution in [2.75, 3.05) is 6.54 Å². The van der Waals surface area contributed by atoms with Crippen molar-refractivity contribution in [3.05, 3.63) is 12.1 Å². The fraction of sp³-hybridized carbons (Fsp3) is 0.500. The van der Waals surface area contributed by atoms with Crippen LogP contribution in [0.5, 0.6) is 0 Å². The summed E-state index contributed by atoms with van der Waals surface area (Å²) in [5, 5.41) is 26.3. The molecule has 8 nitrogen and oxygen atoms in total. The van der Waals surface area contributed by atoms with E-state index >= 15 is 0 Å². The predicted octanol–water partition coefficient (Wildman–Crippen LogP) is -0.750. The summed E-state index contributed by atoms with van der Waals surface area (Å²) >= 11 is 0. The number of aromatic nitrogens is 5. The Labute approximate surface area is 90.1 Å². The molecule has 0 radical (unpaired) electrons. The van der Waals surface area contributed by atoms with Gasteiger partial charge in [0.1, 0.15) is 0 Å². The van der Waals surface area contributed by atoms with Crippen LogP contribution in [-0.2, 0) is 0 Å². The monoisotopic (exact) mass is 222 g/mol. The van der Waals surface area contributed by atoms with Gasteiger partial charge in [-0.15, -0.1) is 0 Å². The third-order valence-corrected chi connectivity index (χ3v) is 2.49. The molecule has 2 atom stereocenters. The minimum Gasteiger partial charge on any atom is -0.392 e. The minimum absolute atomic E-state index is 0.0804. The molecule has 16 heavy (non-hydrogen) atoms. The maximum atomic E-state index is 9.37. The molecule has 84 valence electrons. The zero-order valence-corrected chi connectivity index (χ0v) is 8.29. The van der Waals surface area contributed by atoms with Crippen molar-refractivity contribution in [2.24, 2.45) is 0 Å². The lowest BCUT2D eigenvalue weighted by molar-refractivity contribution is 0.191. The molecule has 0 unspecified atom stereocenters. The molecule has 2 aromatic rings. The second kappa shape index (κ2) is 3.65. The van der Waals surface area contributed by atoms with E-state index in [1.54, 1.807) is 0 Å². The van der Waals surface area contributed by atoms with Crippen LogP contribution in [0.15, 0.2) is 10.7 Å². The van der Waals surface area contributed by atoms with Crippen molar-refractivity contribution in [3.8, 4) is 11.5 Å². The number of nitrogens with one attached hydrogen (secondary N) is 2. The molecule has 0 aromatic carbocycles. The van der Waals surface area contributed by atoms with Gasteiger partial charge in [-0.25, -0.2) is 0 Å². The second-order valence-corrected chi connectivity index (χ2v) is 3.66. The summed E-state index contributed by atoms with van der Waals surface area (Å²) in [6.45, 7) is 0.548.